The zero-order chi connectivity index (χ0) is 12.8. The van der Waals surface area contributed by atoms with E-state index >= 15 is 0 Å². The summed E-state index contributed by atoms with van der Waals surface area (Å²) in [6, 6.07) is 0.432. The molecule has 1 aromatic heterocycles. The molecular formula is C13H23N3O. The molecule has 4 nitrogen and oxygen atoms in total. The zero-order valence-electron chi connectivity index (χ0n) is 11.4. The minimum Gasteiger partial charge on any atom is -0.490 e. The molecule has 0 fully saturated rings. The highest BCUT2D eigenvalue weighted by Crippen LogP contribution is 2.18. The number of ether oxygens (including phenoxy) is 1. The molecule has 0 unspecified atom stereocenters. The summed E-state index contributed by atoms with van der Waals surface area (Å²) in [5.74, 6) is 1.99. The van der Waals surface area contributed by atoms with Gasteiger partial charge in [0.1, 0.15) is 5.82 Å². The van der Waals surface area contributed by atoms with Gasteiger partial charge in [0, 0.05) is 18.5 Å². The van der Waals surface area contributed by atoms with Gasteiger partial charge in [0.05, 0.1) is 18.5 Å². The van der Waals surface area contributed by atoms with Crippen LogP contribution < -0.4 is 10.1 Å². The third kappa shape index (κ3) is 4.30. The van der Waals surface area contributed by atoms with Gasteiger partial charge in [-0.1, -0.05) is 27.7 Å². The largest absolute Gasteiger partial charge is 0.490 e. The standard InChI is InChI=1S/C13H23N3O/c1-6-17-12-8-15-13(9(2)3)16-11(12)7-14-10(4)5/h8-10,14H,6-7H2,1-5H3. The molecule has 1 rings (SSSR count). The first kappa shape index (κ1) is 13.9. The smallest absolute Gasteiger partial charge is 0.160 e. The van der Waals surface area contributed by atoms with Crippen LogP contribution in [0.15, 0.2) is 6.20 Å². The number of hydrogen-bond acceptors (Lipinski definition) is 4. The molecule has 0 radical (unpaired) electrons. The lowest BCUT2D eigenvalue weighted by molar-refractivity contribution is 0.330. The topological polar surface area (TPSA) is 47.0 Å². The molecule has 4 heteroatoms. The summed E-state index contributed by atoms with van der Waals surface area (Å²) in [7, 11) is 0. The van der Waals surface area contributed by atoms with Crippen LogP contribution in [0.2, 0.25) is 0 Å². The molecule has 1 heterocycles. The summed E-state index contributed by atoms with van der Waals surface area (Å²) < 4.78 is 5.54. The van der Waals surface area contributed by atoms with Crippen molar-refractivity contribution in [2.75, 3.05) is 6.61 Å². The molecule has 0 bridgehead atoms. The fourth-order valence-corrected chi connectivity index (χ4v) is 1.40. The second-order valence-electron chi connectivity index (χ2n) is 4.66. The lowest BCUT2D eigenvalue weighted by Gasteiger charge is -2.13. The van der Waals surface area contributed by atoms with Gasteiger partial charge in [-0.2, -0.15) is 0 Å². The highest BCUT2D eigenvalue weighted by Gasteiger charge is 2.10. The van der Waals surface area contributed by atoms with Crippen LogP contribution in [0.1, 0.15) is 52.1 Å². The molecular weight excluding hydrogens is 214 g/mol. The predicted octanol–water partition coefficient (Wildman–Crippen LogP) is 2.50. The number of nitrogens with one attached hydrogen (secondary N) is 1. The lowest BCUT2D eigenvalue weighted by atomic mass is 10.2. The Morgan fingerprint density at radius 2 is 2.00 bits per heavy atom. The van der Waals surface area contributed by atoms with Crippen molar-refractivity contribution >= 4 is 0 Å². The average molecular weight is 237 g/mol. The number of rotatable bonds is 6. The summed E-state index contributed by atoms with van der Waals surface area (Å²) in [6.07, 6.45) is 1.78. The zero-order valence-corrected chi connectivity index (χ0v) is 11.4. The average Bonchev–Trinajstić information content (AvgIpc) is 2.27. The minimum absolute atomic E-state index is 0.337. The van der Waals surface area contributed by atoms with E-state index in [0.29, 0.717) is 18.6 Å². The van der Waals surface area contributed by atoms with Crippen LogP contribution in [0.25, 0.3) is 0 Å². The van der Waals surface area contributed by atoms with Crippen LogP contribution in [-0.4, -0.2) is 22.6 Å². The molecule has 17 heavy (non-hydrogen) atoms. The summed E-state index contributed by atoms with van der Waals surface area (Å²) in [5.41, 5.74) is 0.944. The first-order valence-corrected chi connectivity index (χ1v) is 6.26. The van der Waals surface area contributed by atoms with E-state index in [4.69, 9.17) is 4.74 Å². The van der Waals surface area contributed by atoms with Crippen molar-refractivity contribution in [2.45, 2.75) is 53.1 Å². The lowest BCUT2D eigenvalue weighted by Crippen LogP contribution is -2.23. The van der Waals surface area contributed by atoms with E-state index < -0.39 is 0 Å². The van der Waals surface area contributed by atoms with Crippen molar-refractivity contribution < 1.29 is 4.74 Å². The molecule has 0 aliphatic carbocycles. The molecule has 0 aliphatic heterocycles. The SMILES string of the molecule is CCOc1cnc(C(C)C)nc1CNC(C)C. The molecule has 1 aromatic rings. The molecule has 0 amide bonds. The van der Waals surface area contributed by atoms with Crippen LogP contribution in [0, 0.1) is 0 Å². The molecule has 0 saturated carbocycles. The van der Waals surface area contributed by atoms with E-state index in [2.05, 4.69) is 43.0 Å². The van der Waals surface area contributed by atoms with Crippen molar-refractivity contribution in [2.24, 2.45) is 0 Å². The van der Waals surface area contributed by atoms with Gasteiger partial charge in [-0.05, 0) is 6.92 Å². The first-order valence-electron chi connectivity index (χ1n) is 6.26. The predicted molar refractivity (Wildman–Crippen MR) is 69.3 cm³/mol. The Hall–Kier alpha value is -1.16. The van der Waals surface area contributed by atoms with Crippen molar-refractivity contribution in [3.63, 3.8) is 0 Å². The Balaban J connectivity index is 2.90. The highest BCUT2D eigenvalue weighted by atomic mass is 16.5. The highest BCUT2D eigenvalue weighted by molar-refractivity contribution is 5.25. The van der Waals surface area contributed by atoms with Crippen LogP contribution in [0.3, 0.4) is 0 Å². The second-order valence-corrected chi connectivity index (χ2v) is 4.66. The first-order chi connectivity index (χ1) is 8.04. The van der Waals surface area contributed by atoms with E-state index in [1.54, 1.807) is 6.20 Å². The van der Waals surface area contributed by atoms with E-state index in [0.717, 1.165) is 23.8 Å². The quantitative estimate of drug-likeness (QED) is 0.825. The normalized spacial score (nSPS) is 11.2. The van der Waals surface area contributed by atoms with Crippen LogP contribution >= 0.6 is 0 Å². The Morgan fingerprint density at radius 1 is 1.29 bits per heavy atom. The van der Waals surface area contributed by atoms with Gasteiger partial charge < -0.3 is 10.1 Å². The molecule has 0 spiro atoms. The van der Waals surface area contributed by atoms with Crippen LogP contribution in [0.4, 0.5) is 0 Å². The minimum atomic E-state index is 0.337. The van der Waals surface area contributed by atoms with Crippen molar-refractivity contribution in [1.29, 1.82) is 0 Å². The van der Waals surface area contributed by atoms with Gasteiger partial charge in [0.2, 0.25) is 0 Å². The van der Waals surface area contributed by atoms with Gasteiger partial charge in [-0.25, -0.2) is 9.97 Å². The van der Waals surface area contributed by atoms with Crippen molar-refractivity contribution in [3.8, 4) is 5.75 Å². The molecule has 0 aromatic carbocycles. The van der Waals surface area contributed by atoms with Crippen molar-refractivity contribution in [1.82, 2.24) is 15.3 Å². The van der Waals surface area contributed by atoms with Crippen molar-refractivity contribution in [3.05, 3.63) is 17.7 Å². The summed E-state index contributed by atoms with van der Waals surface area (Å²) >= 11 is 0. The Kier molecular flexibility index (Phi) is 5.35. The van der Waals surface area contributed by atoms with Gasteiger partial charge in [0.15, 0.2) is 5.75 Å². The van der Waals surface area contributed by atoms with Gasteiger partial charge in [-0.3, -0.25) is 0 Å². The molecule has 96 valence electrons. The van der Waals surface area contributed by atoms with E-state index in [9.17, 15) is 0 Å². The Morgan fingerprint density at radius 3 is 2.53 bits per heavy atom. The van der Waals surface area contributed by atoms with E-state index in [-0.39, 0.29) is 0 Å². The fourth-order valence-electron chi connectivity index (χ4n) is 1.40. The van der Waals surface area contributed by atoms with Crippen LogP contribution in [0.5, 0.6) is 5.75 Å². The molecule has 0 aliphatic rings. The summed E-state index contributed by atoms with van der Waals surface area (Å²) in [5, 5.41) is 3.36. The van der Waals surface area contributed by atoms with E-state index in [1.165, 1.54) is 0 Å². The Bertz CT molecular complexity index is 351. The van der Waals surface area contributed by atoms with E-state index in [1.807, 2.05) is 6.92 Å². The fraction of sp³-hybridized carbons (Fsp3) is 0.692. The van der Waals surface area contributed by atoms with Crippen LogP contribution in [-0.2, 0) is 6.54 Å². The van der Waals surface area contributed by atoms with Gasteiger partial charge in [0.25, 0.3) is 0 Å². The monoisotopic (exact) mass is 237 g/mol. The maximum Gasteiger partial charge on any atom is 0.160 e. The maximum absolute atomic E-state index is 5.54. The van der Waals surface area contributed by atoms with Gasteiger partial charge >= 0.3 is 0 Å². The second kappa shape index (κ2) is 6.55. The Labute approximate surface area is 104 Å². The molecule has 0 atom stereocenters. The molecule has 1 N–H and O–H groups in total. The maximum atomic E-state index is 5.54. The number of hydrogen-bond donors (Lipinski definition) is 1. The summed E-state index contributed by atoms with van der Waals surface area (Å²) in [4.78, 5) is 8.88. The number of aromatic nitrogens is 2. The third-order valence-corrected chi connectivity index (χ3v) is 2.34. The van der Waals surface area contributed by atoms with Gasteiger partial charge in [-0.15, -0.1) is 0 Å². The molecule has 0 saturated heterocycles. The number of nitrogens with zero attached hydrogens (tertiary/aromatic N) is 2. The summed E-state index contributed by atoms with van der Waals surface area (Å²) in [6.45, 7) is 11.7. The third-order valence-electron chi connectivity index (χ3n) is 2.34.